The van der Waals surface area contributed by atoms with E-state index in [9.17, 15) is 13.2 Å². The number of likely N-dealkylation sites (tertiary alicyclic amines) is 1. The van der Waals surface area contributed by atoms with Crippen molar-refractivity contribution in [2.45, 2.75) is 43.5 Å². The van der Waals surface area contributed by atoms with Gasteiger partial charge in [-0.2, -0.15) is 13.1 Å². The van der Waals surface area contributed by atoms with Gasteiger partial charge in [0.1, 0.15) is 15.9 Å². The highest BCUT2D eigenvalue weighted by molar-refractivity contribution is 7.89. The Kier molecular flexibility index (Phi) is 6.14. The summed E-state index contributed by atoms with van der Waals surface area (Å²) in [6, 6.07) is 5.41. The lowest BCUT2D eigenvalue weighted by molar-refractivity contribution is -0.126. The molecule has 2 aliphatic rings. The van der Waals surface area contributed by atoms with Crippen molar-refractivity contribution in [1.29, 1.82) is 0 Å². The summed E-state index contributed by atoms with van der Waals surface area (Å²) < 4.78 is 36.2. The molecule has 1 N–H and O–H groups in total. The summed E-state index contributed by atoms with van der Waals surface area (Å²) in [4.78, 5) is 15.3. The fourth-order valence-corrected chi connectivity index (χ4v) is 6.69. The number of likely N-dealkylation sites (N-methyl/N-ethyl adjacent to an activating group) is 1. The van der Waals surface area contributed by atoms with Gasteiger partial charge in [0.2, 0.25) is 15.9 Å². The van der Waals surface area contributed by atoms with Crippen LogP contribution >= 0.6 is 11.7 Å². The van der Waals surface area contributed by atoms with Crippen LogP contribution in [0.3, 0.4) is 0 Å². The first-order valence-electron chi connectivity index (χ1n) is 10.2. The van der Waals surface area contributed by atoms with Gasteiger partial charge in [0.15, 0.2) is 0 Å². The van der Waals surface area contributed by atoms with Gasteiger partial charge in [0.25, 0.3) is 0 Å². The van der Waals surface area contributed by atoms with Crippen LogP contribution in [0.5, 0.6) is 0 Å². The van der Waals surface area contributed by atoms with Gasteiger partial charge in [0.05, 0.1) is 17.6 Å². The zero-order valence-electron chi connectivity index (χ0n) is 16.6. The Balaban J connectivity index is 1.43. The van der Waals surface area contributed by atoms with Crippen LogP contribution in [-0.4, -0.2) is 71.0 Å². The van der Waals surface area contributed by atoms with E-state index < -0.39 is 10.0 Å². The third-order valence-electron chi connectivity index (χ3n) is 6.04. The minimum absolute atomic E-state index is 0.0404. The molecule has 0 unspecified atom stereocenters. The second kappa shape index (κ2) is 8.63. The lowest BCUT2D eigenvalue weighted by Gasteiger charge is -2.32. The molecule has 1 aromatic heterocycles. The number of rotatable bonds is 6. The molecule has 0 saturated carbocycles. The number of benzene rings is 1. The number of piperidine rings is 1. The Bertz CT molecular complexity index is 977. The van der Waals surface area contributed by atoms with E-state index >= 15 is 0 Å². The van der Waals surface area contributed by atoms with E-state index in [2.05, 4.69) is 25.9 Å². The molecule has 4 rings (SSSR count). The third-order valence-corrected chi connectivity index (χ3v) is 8.48. The van der Waals surface area contributed by atoms with Crippen molar-refractivity contribution in [3.8, 4) is 0 Å². The van der Waals surface area contributed by atoms with Gasteiger partial charge < -0.3 is 5.32 Å². The summed E-state index contributed by atoms with van der Waals surface area (Å²) in [5, 5.41) is 3.07. The first-order valence-corrected chi connectivity index (χ1v) is 12.4. The highest BCUT2D eigenvalue weighted by atomic mass is 32.2. The Hall–Kier alpha value is -1.62. The Morgan fingerprint density at radius 1 is 1.24 bits per heavy atom. The molecule has 0 spiro atoms. The van der Waals surface area contributed by atoms with Gasteiger partial charge in [-0.05, 0) is 50.9 Å². The Morgan fingerprint density at radius 2 is 2.07 bits per heavy atom. The standard InChI is InChI=1S/C19H27N5O3S2/c1-2-23-10-5-7-15(23)12-20-19(25)14-6-4-11-24(13-14)29(26,27)17-9-3-8-16-18(17)22-28-21-16/h3,8-9,14-15H,2,4-7,10-13H2,1H3,(H,20,25)/t14-,15-/m0/s1. The van der Waals surface area contributed by atoms with Crippen molar-refractivity contribution >= 4 is 38.7 Å². The second-order valence-corrected chi connectivity index (χ2v) is 10.2. The first kappa shape index (κ1) is 20.6. The number of sulfonamides is 1. The van der Waals surface area contributed by atoms with E-state index in [0.717, 1.165) is 31.2 Å². The Labute approximate surface area is 175 Å². The van der Waals surface area contributed by atoms with Crippen molar-refractivity contribution in [2.75, 3.05) is 32.7 Å². The maximum atomic E-state index is 13.2. The van der Waals surface area contributed by atoms with Crippen LogP contribution < -0.4 is 5.32 Å². The van der Waals surface area contributed by atoms with Crippen LogP contribution in [0.4, 0.5) is 0 Å². The molecule has 8 nitrogen and oxygen atoms in total. The van der Waals surface area contributed by atoms with Gasteiger partial charge in [-0.15, -0.1) is 0 Å². The van der Waals surface area contributed by atoms with Crippen molar-refractivity contribution in [3.05, 3.63) is 18.2 Å². The van der Waals surface area contributed by atoms with E-state index in [-0.39, 0.29) is 23.3 Å². The number of amides is 1. The molecule has 2 saturated heterocycles. The quantitative estimate of drug-likeness (QED) is 0.739. The summed E-state index contributed by atoms with van der Waals surface area (Å²) in [7, 11) is -3.72. The fourth-order valence-electron chi connectivity index (χ4n) is 4.41. The number of nitrogens with zero attached hydrogens (tertiary/aromatic N) is 4. The molecular formula is C19H27N5O3S2. The van der Waals surface area contributed by atoms with E-state index in [1.165, 1.54) is 10.7 Å². The van der Waals surface area contributed by atoms with Crippen LogP contribution in [0.25, 0.3) is 11.0 Å². The summed E-state index contributed by atoms with van der Waals surface area (Å²) in [5.74, 6) is -0.357. The number of nitrogens with one attached hydrogen (secondary N) is 1. The molecule has 2 atom stereocenters. The van der Waals surface area contributed by atoms with E-state index in [1.807, 2.05) is 0 Å². The second-order valence-electron chi connectivity index (χ2n) is 7.76. The summed E-state index contributed by atoms with van der Waals surface area (Å²) in [6.07, 6.45) is 3.65. The number of hydrogen-bond acceptors (Lipinski definition) is 7. The predicted octanol–water partition coefficient (Wildman–Crippen LogP) is 1.69. The normalized spacial score (nSPS) is 24.2. The number of fused-ring (bicyclic) bond motifs is 1. The average molecular weight is 438 g/mol. The number of hydrogen-bond donors (Lipinski definition) is 1. The molecule has 1 amide bonds. The van der Waals surface area contributed by atoms with Crippen molar-refractivity contribution in [2.24, 2.45) is 5.92 Å². The zero-order valence-corrected chi connectivity index (χ0v) is 18.2. The molecule has 3 heterocycles. The van der Waals surface area contributed by atoms with Gasteiger partial charge in [-0.25, -0.2) is 8.42 Å². The van der Waals surface area contributed by atoms with Crippen LogP contribution in [-0.2, 0) is 14.8 Å². The highest BCUT2D eigenvalue weighted by Crippen LogP contribution is 2.28. The predicted molar refractivity (Wildman–Crippen MR) is 112 cm³/mol. The van der Waals surface area contributed by atoms with Gasteiger partial charge >= 0.3 is 0 Å². The number of carbonyl (C=O) groups is 1. The smallest absolute Gasteiger partial charge is 0.245 e. The molecule has 2 aliphatic heterocycles. The molecule has 1 aromatic carbocycles. The zero-order chi connectivity index (χ0) is 20.4. The summed E-state index contributed by atoms with van der Waals surface area (Å²) >= 11 is 1.00. The topological polar surface area (TPSA) is 95.5 Å². The van der Waals surface area contributed by atoms with Crippen LogP contribution in [0.2, 0.25) is 0 Å². The molecule has 2 fully saturated rings. The fraction of sp³-hybridized carbons (Fsp3) is 0.632. The average Bonchev–Trinajstić information content (AvgIpc) is 3.40. The van der Waals surface area contributed by atoms with Crippen LogP contribution in [0, 0.1) is 5.92 Å². The van der Waals surface area contributed by atoms with E-state index in [1.54, 1.807) is 18.2 Å². The molecule has 29 heavy (non-hydrogen) atoms. The number of aromatic nitrogens is 2. The molecular weight excluding hydrogens is 410 g/mol. The number of carbonyl (C=O) groups excluding carboxylic acids is 1. The van der Waals surface area contributed by atoms with Crippen molar-refractivity contribution < 1.29 is 13.2 Å². The van der Waals surface area contributed by atoms with Crippen molar-refractivity contribution in [1.82, 2.24) is 23.3 Å². The largest absolute Gasteiger partial charge is 0.354 e. The van der Waals surface area contributed by atoms with E-state index in [0.29, 0.717) is 43.0 Å². The minimum atomic E-state index is -3.72. The molecule has 0 radical (unpaired) electrons. The first-order chi connectivity index (χ1) is 14.0. The molecule has 0 aliphatic carbocycles. The van der Waals surface area contributed by atoms with Gasteiger partial charge in [-0.3, -0.25) is 9.69 Å². The van der Waals surface area contributed by atoms with Gasteiger partial charge in [0, 0.05) is 25.7 Å². The lowest BCUT2D eigenvalue weighted by Crippen LogP contribution is -2.47. The van der Waals surface area contributed by atoms with Crippen molar-refractivity contribution in [3.63, 3.8) is 0 Å². The Morgan fingerprint density at radius 3 is 2.90 bits per heavy atom. The molecule has 2 aromatic rings. The lowest BCUT2D eigenvalue weighted by atomic mass is 9.98. The molecule has 0 bridgehead atoms. The van der Waals surface area contributed by atoms with E-state index in [4.69, 9.17) is 0 Å². The SMILES string of the molecule is CCN1CCC[C@H]1CNC(=O)[C@H]1CCCN(S(=O)(=O)c2cccc3nsnc23)C1. The monoisotopic (exact) mass is 437 g/mol. The third kappa shape index (κ3) is 4.16. The maximum Gasteiger partial charge on any atom is 0.245 e. The van der Waals surface area contributed by atoms with Gasteiger partial charge in [-0.1, -0.05) is 13.0 Å². The summed E-state index contributed by atoms with van der Waals surface area (Å²) in [5.41, 5.74) is 0.990. The molecule has 10 heteroatoms. The van der Waals surface area contributed by atoms with Crippen LogP contribution in [0.1, 0.15) is 32.6 Å². The maximum absolute atomic E-state index is 13.2. The minimum Gasteiger partial charge on any atom is -0.354 e. The summed E-state index contributed by atoms with van der Waals surface area (Å²) in [6.45, 7) is 5.50. The highest BCUT2D eigenvalue weighted by Gasteiger charge is 2.35. The molecule has 158 valence electrons. The van der Waals surface area contributed by atoms with Crippen LogP contribution in [0.15, 0.2) is 23.1 Å².